The first kappa shape index (κ1) is 19.6. The third-order valence-electron chi connectivity index (χ3n) is 3.59. The maximum absolute atomic E-state index is 12.0. The zero-order valence-electron chi connectivity index (χ0n) is 14.1. The van der Waals surface area contributed by atoms with Gasteiger partial charge in [0.05, 0.1) is 18.2 Å². The van der Waals surface area contributed by atoms with Gasteiger partial charge in [-0.05, 0) is 35.7 Å². The molecule has 1 amide bonds. The summed E-state index contributed by atoms with van der Waals surface area (Å²) in [4.78, 5) is 12.0. The number of carbonyl (C=O) groups excluding carboxylic acids is 1. The molecule has 0 aromatic heterocycles. The summed E-state index contributed by atoms with van der Waals surface area (Å²) >= 11 is 11.9. The van der Waals surface area contributed by atoms with Crippen LogP contribution in [0.25, 0.3) is 0 Å². The summed E-state index contributed by atoms with van der Waals surface area (Å²) in [6.07, 6.45) is 0.988. The summed E-state index contributed by atoms with van der Waals surface area (Å²) < 4.78 is 10.7. The zero-order valence-corrected chi connectivity index (χ0v) is 15.6. The lowest BCUT2D eigenvalue weighted by Crippen LogP contribution is -2.23. The topological polar surface area (TPSA) is 47.6 Å². The van der Waals surface area contributed by atoms with Gasteiger partial charge in [0.25, 0.3) is 0 Å². The first-order valence-electron chi connectivity index (χ1n) is 8.00. The fraction of sp³-hybridized carbons (Fsp3) is 0.316. The number of hydrogen-bond donors (Lipinski definition) is 1. The predicted octanol–water partition coefficient (Wildman–Crippen LogP) is 4.62. The Morgan fingerprint density at radius 3 is 2.60 bits per heavy atom. The molecule has 0 unspecified atom stereocenters. The number of ether oxygens (including phenoxy) is 2. The van der Waals surface area contributed by atoms with Gasteiger partial charge in [0.2, 0.25) is 5.91 Å². The van der Waals surface area contributed by atoms with Crippen molar-refractivity contribution in [2.75, 3.05) is 13.7 Å². The van der Waals surface area contributed by atoms with Gasteiger partial charge in [-0.3, -0.25) is 4.79 Å². The monoisotopic (exact) mass is 381 g/mol. The molecule has 25 heavy (non-hydrogen) atoms. The standard InChI is InChI=1S/C19H21Cl2NO3/c1-24-13-15-6-3-2-5-14(15)12-22-19(23)7-4-10-25-18-9-8-16(20)11-17(18)21/h2-3,5-6,8-9,11H,4,7,10,12-13H2,1H3,(H,22,23). The van der Waals surface area contributed by atoms with Crippen LogP contribution in [0.5, 0.6) is 5.75 Å². The lowest BCUT2D eigenvalue weighted by Gasteiger charge is -2.11. The third kappa shape index (κ3) is 6.58. The van der Waals surface area contributed by atoms with Crippen molar-refractivity contribution in [3.8, 4) is 5.75 Å². The second-order valence-electron chi connectivity index (χ2n) is 5.51. The van der Waals surface area contributed by atoms with E-state index in [4.69, 9.17) is 32.7 Å². The van der Waals surface area contributed by atoms with Crippen LogP contribution in [0.2, 0.25) is 10.0 Å². The van der Waals surface area contributed by atoms with Crippen LogP contribution in [0.4, 0.5) is 0 Å². The van der Waals surface area contributed by atoms with Crippen molar-refractivity contribution >= 4 is 29.1 Å². The number of hydrogen-bond acceptors (Lipinski definition) is 3. The summed E-state index contributed by atoms with van der Waals surface area (Å²) in [6.45, 7) is 1.43. The molecule has 4 nitrogen and oxygen atoms in total. The van der Waals surface area contributed by atoms with Crippen LogP contribution < -0.4 is 10.1 Å². The SMILES string of the molecule is COCc1ccccc1CNC(=O)CCCOc1ccc(Cl)cc1Cl. The minimum absolute atomic E-state index is 0.0157. The molecule has 2 rings (SSSR count). The molecule has 0 saturated heterocycles. The molecule has 0 aliphatic heterocycles. The predicted molar refractivity (Wildman–Crippen MR) is 100 cm³/mol. The van der Waals surface area contributed by atoms with Crippen LogP contribution in [0.1, 0.15) is 24.0 Å². The molecule has 0 fully saturated rings. The molecule has 0 atom stereocenters. The Bertz CT molecular complexity index is 707. The highest BCUT2D eigenvalue weighted by Crippen LogP contribution is 2.27. The second kappa shape index (κ2) is 10.3. The van der Waals surface area contributed by atoms with Gasteiger partial charge in [-0.1, -0.05) is 47.5 Å². The highest BCUT2D eigenvalue weighted by atomic mass is 35.5. The van der Waals surface area contributed by atoms with Gasteiger partial charge in [-0.2, -0.15) is 0 Å². The van der Waals surface area contributed by atoms with Gasteiger partial charge in [-0.25, -0.2) is 0 Å². The normalized spacial score (nSPS) is 10.5. The Hall–Kier alpha value is -1.75. The van der Waals surface area contributed by atoms with Crippen LogP contribution in [0.15, 0.2) is 42.5 Å². The molecule has 0 radical (unpaired) electrons. The fourth-order valence-electron chi connectivity index (χ4n) is 2.32. The largest absolute Gasteiger partial charge is 0.492 e. The number of amides is 1. The lowest BCUT2D eigenvalue weighted by atomic mass is 10.1. The summed E-state index contributed by atoms with van der Waals surface area (Å²) in [5, 5.41) is 3.95. The number of benzene rings is 2. The number of carbonyl (C=O) groups is 1. The van der Waals surface area contributed by atoms with Crippen molar-refractivity contribution in [1.29, 1.82) is 0 Å². The molecule has 0 saturated carbocycles. The van der Waals surface area contributed by atoms with Crippen molar-refractivity contribution in [3.63, 3.8) is 0 Å². The summed E-state index contributed by atoms with van der Waals surface area (Å²) in [7, 11) is 1.66. The molecule has 2 aromatic carbocycles. The first-order valence-corrected chi connectivity index (χ1v) is 8.76. The average Bonchev–Trinajstić information content (AvgIpc) is 2.60. The van der Waals surface area contributed by atoms with E-state index in [1.165, 1.54) is 0 Å². The van der Waals surface area contributed by atoms with Gasteiger partial charge in [0, 0.05) is 25.1 Å². The summed E-state index contributed by atoms with van der Waals surface area (Å²) in [6, 6.07) is 12.9. The number of halogens is 2. The number of rotatable bonds is 9. The molecular formula is C19H21Cl2NO3. The van der Waals surface area contributed by atoms with Crippen LogP contribution in [0, 0.1) is 0 Å². The first-order chi connectivity index (χ1) is 12.1. The van der Waals surface area contributed by atoms with E-state index in [1.54, 1.807) is 25.3 Å². The molecule has 2 aromatic rings. The molecule has 0 bridgehead atoms. The van der Waals surface area contributed by atoms with Crippen LogP contribution in [-0.2, 0) is 22.7 Å². The quantitative estimate of drug-likeness (QED) is 0.644. The minimum atomic E-state index is -0.0157. The van der Waals surface area contributed by atoms with E-state index >= 15 is 0 Å². The van der Waals surface area contributed by atoms with Gasteiger partial charge in [0.1, 0.15) is 5.75 Å². The lowest BCUT2D eigenvalue weighted by molar-refractivity contribution is -0.121. The molecule has 0 spiro atoms. The van der Waals surface area contributed by atoms with Gasteiger partial charge >= 0.3 is 0 Å². The van der Waals surface area contributed by atoms with Gasteiger partial charge in [0.15, 0.2) is 0 Å². The summed E-state index contributed by atoms with van der Waals surface area (Å²) in [5.74, 6) is 0.554. The molecule has 134 valence electrons. The number of methoxy groups -OCH3 is 1. The maximum Gasteiger partial charge on any atom is 0.220 e. The van der Waals surface area contributed by atoms with Crippen molar-refractivity contribution in [1.82, 2.24) is 5.32 Å². The highest BCUT2D eigenvalue weighted by molar-refractivity contribution is 6.35. The average molecular weight is 382 g/mol. The molecule has 6 heteroatoms. The smallest absolute Gasteiger partial charge is 0.220 e. The molecular weight excluding hydrogens is 361 g/mol. The van der Waals surface area contributed by atoms with Crippen molar-refractivity contribution < 1.29 is 14.3 Å². The Labute approximate surface area is 158 Å². The highest BCUT2D eigenvalue weighted by Gasteiger charge is 2.06. The van der Waals surface area contributed by atoms with Gasteiger partial charge in [-0.15, -0.1) is 0 Å². The van der Waals surface area contributed by atoms with Crippen molar-refractivity contribution in [2.24, 2.45) is 0 Å². The van der Waals surface area contributed by atoms with E-state index in [0.29, 0.717) is 48.4 Å². The maximum atomic E-state index is 12.0. The van der Waals surface area contributed by atoms with E-state index in [2.05, 4.69) is 5.32 Å². The summed E-state index contributed by atoms with van der Waals surface area (Å²) in [5.41, 5.74) is 2.13. The van der Waals surface area contributed by atoms with E-state index in [0.717, 1.165) is 11.1 Å². The second-order valence-corrected chi connectivity index (χ2v) is 6.35. The number of nitrogens with one attached hydrogen (secondary N) is 1. The van der Waals surface area contributed by atoms with Crippen molar-refractivity contribution in [2.45, 2.75) is 26.0 Å². The van der Waals surface area contributed by atoms with Gasteiger partial charge < -0.3 is 14.8 Å². The Balaban J connectivity index is 1.71. The van der Waals surface area contributed by atoms with E-state index < -0.39 is 0 Å². The Kier molecular flexibility index (Phi) is 8.06. The van der Waals surface area contributed by atoms with E-state index in [-0.39, 0.29) is 5.91 Å². The molecule has 0 aliphatic rings. The fourth-order valence-corrected chi connectivity index (χ4v) is 2.78. The van der Waals surface area contributed by atoms with Crippen LogP contribution in [-0.4, -0.2) is 19.6 Å². The Morgan fingerprint density at radius 1 is 1.12 bits per heavy atom. The molecule has 0 heterocycles. The Morgan fingerprint density at radius 2 is 1.88 bits per heavy atom. The zero-order chi connectivity index (χ0) is 18.1. The third-order valence-corrected chi connectivity index (χ3v) is 4.12. The van der Waals surface area contributed by atoms with Crippen LogP contribution >= 0.6 is 23.2 Å². The minimum Gasteiger partial charge on any atom is -0.492 e. The van der Waals surface area contributed by atoms with Crippen LogP contribution in [0.3, 0.4) is 0 Å². The molecule has 0 aliphatic carbocycles. The van der Waals surface area contributed by atoms with E-state index in [9.17, 15) is 4.79 Å². The van der Waals surface area contributed by atoms with Crippen molar-refractivity contribution in [3.05, 3.63) is 63.6 Å². The van der Waals surface area contributed by atoms with E-state index in [1.807, 2.05) is 24.3 Å². The molecule has 1 N–H and O–H groups in total.